The molecule has 0 aromatic heterocycles. The van der Waals surface area contributed by atoms with Crippen LogP contribution >= 0.6 is 0 Å². The fraction of sp³-hybridized carbons (Fsp3) is 0.923. The van der Waals surface area contributed by atoms with Gasteiger partial charge in [-0.3, -0.25) is 4.79 Å². The molecule has 0 aromatic rings. The van der Waals surface area contributed by atoms with Crippen molar-refractivity contribution < 1.29 is 9.53 Å². The summed E-state index contributed by atoms with van der Waals surface area (Å²) in [4.78, 5) is 11.7. The molecule has 4 nitrogen and oxygen atoms in total. The lowest BCUT2D eigenvalue weighted by atomic mass is 10.1. The lowest BCUT2D eigenvalue weighted by Crippen LogP contribution is -2.43. The van der Waals surface area contributed by atoms with Crippen LogP contribution in [-0.4, -0.2) is 37.2 Å². The topological polar surface area (TPSA) is 50.4 Å². The van der Waals surface area contributed by atoms with Gasteiger partial charge in [0.2, 0.25) is 5.91 Å². The number of hydrogen-bond donors (Lipinski definition) is 2. The van der Waals surface area contributed by atoms with Crippen LogP contribution in [0.4, 0.5) is 0 Å². The van der Waals surface area contributed by atoms with Crippen LogP contribution in [-0.2, 0) is 9.53 Å². The second-order valence-electron chi connectivity index (χ2n) is 4.94. The van der Waals surface area contributed by atoms with Crippen LogP contribution in [0.2, 0.25) is 0 Å². The average Bonchev–Trinajstić information content (AvgIpc) is 2.36. The molecule has 1 rings (SSSR count). The van der Waals surface area contributed by atoms with E-state index in [4.69, 9.17) is 4.74 Å². The Kier molecular flexibility index (Phi) is 6.52. The monoisotopic (exact) mass is 242 g/mol. The van der Waals surface area contributed by atoms with Crippen molar-refractivity contribution in [3.05, 3.63) is 0 Å². The summed E-state index contributed by atoms with van der Waals surface area (Å²) < 4.78 is 5.61. The Balaban J connectivity index is 2.18. The molecule has 100 valence electrons. The summed E-state index contributed by atoms with van der Waals surface area (Å²) in [6.07, 6.45) is 4.25. The van der Waals surface area contributed by atoms with Gasteiger partial charge in [-0.15, -0.1) is 0 Å². The molecule has 1 amide bonds. The predicted octanol–water partition coefficient (Wildman–Crippen LogP) is 1.45. The van der Waals surface area contributed by atoms with Crippen LogP contribution in [0.1, 0.15) is 46.5 Å². The smallest absolute Gasteiger partial charge is 0.249 e. The van der Waals surface area contributed by atoms with Crippen molar-refractivity contribution in [3.63, 3.8) is 0 Å². The van der Waals surface area contributed by atoms with Crippen LogP contribution in [0.15, 0.2) is 0 Å². The standard InChI is InChI=1S/C13H26N2O2/c1-4-10(2)15-13(16)11(3)17-9-12-7-5-6-8-14-12/h10-12,14H,4-9H2,1-3H3,(H,15,16). The number of carbonyl (C=O) groups is 1. The number of rotatable bonds is 6. The van der Waals surface area contributed by atoms with Gasteiger partial charge >= 0.3 is 0 Å². The number of hydrogen-bond acceptors (Lipinski definition) is 3. The number of piperidine rings is 1. The molecule has 4 heteroatoms. The molecule has 1 fully saturated rings. The Morgan fingerprint density at radius 1 is 1.47 bits per heavy atom. The highest BCUT2D eigenvalue weighted by Crippen LogP contribution is 2.08. The average molecular weight is 242 g/mol. The summed E-state index contributed by atoms with van der Waals surface area (Å²) in [6, 6.07) is 0.643. The normalized spacial score (nSPS) is 24.1. The summed E-state index contributed by atoms with van der Waals surface area (Å²) in [6.45, 7) is 7.59. The Morgan fingerprint density at radius 2 is 2.24 bits per heavy atom. The quantitative estimate of drug-likeness (QED) is 0.741. The maximum Gasteiger partial charge on any atom is 0.249 e. The fourth-order valence-corrected chi connectivity index (χ4v) is 1.86. The van der Waals surface area contributed by atoms with E-state index in [2.05, 4.69) is 17.6 Å². The zero-order valence-electron chi connectivity index (χ0n) is 11.3. The zero-order chi connectivity index (χ0) is 12.7. The lowest BCUT2D eigenvalue weighted by Gasteiger charge is -2.25. The third-order valence-corrected chi connectivity index (χ3v) is 3.33. The Labute approximate surface area is 104 Å². The van der Waals surface area contributed by atoms with E-state index in [1.165, 1.54) is 12.8 Å². The van der Waals surface area contributed by atoms with Crippen LogP contribution in [0.5, 0.6) is 0 Å². The van der Waals surface area contributed by atoms with Crippen LogP contribution in [0.25, 0.3) is 0 Å². The first-order chi connectivity index (χ1) is 8.13. The molecule has 2 N–H and O–H groups in total. The Morgan fingerprint density at radius 3 is 2.82 bits per heavy atom. The first kappa shape index (κ1) is 14.5. The van der Waals surface area contributed by atoms with Crippen molar-refractivity contribution in [2.24, 2.45) is 0 Å². The molecular weight excluding hydrogens is 216 g/mol. The molecule has 1 aliphatic heterocycles. The molecule has 0 spiro atoms. The van der Waals surface area contributed by atoms with E-state index in [1.54, 1.807) is 0 Å². The highest BCUT2D eigenvalue weighted by Gasteiger charge is 2.18. The van der Waals surface area contributed by atoms with Crippen molar-refractivity contribution in [2.75, 3.05) is 13.2 Å². The summed E-state index contributed by atoms with van der Waals surface area (Å²) >= 11 is 0. The number of amides is 1. The summed E-state index contributed by atoms with van der Waals surface area (Å²) in [5.74, 6) is -0.00448. The van der Waals surface area contributed by atoms with Crippen molar-refractivity contribution in [2.45, 2.75) is 64.6 Å². The van der Waals surface area contributed by atoms with Gasteiger partial charge in [-0.1, -0.05) is 13.3 Å². The maximum atomic E-state index is 11.7. The van der Waals surface area contributed by atoms with Gasteiger partial charge in [0.05, 0.1) is 6.61 Å². The predicted molar refractivity (Wildman–Crippen MR) is 69.0 cm³/mol. The molecule has 0 radical (unpaired) electrons. The molecule has 1 aliphatic rings. The second-order valence-corrected chi connectivity index (χ2v) is 4.94. The highest BCUT2D eigenvalue weighted by atomic mass is 16.5. The van der Waals surface area contributed by atoms with Gasteiger partial charge in [0.1, 0.15) is 6.10 Å². The van der Waals surface area contributed by atoms with E-state index in [0.29, 0.717) is 12.6 Å². The van der Waals surface area contributed by atoms with Crippen LogP contribution in [0, 0.1) is 0 Å². The molecule has 3 unspecified atom stereocenters. The van der Waals surface area contributed by atoms with Crippen LogP contribution in [0.3, 0.4) is 0 Å². The van der Waals surface area contributed by atoms with Crippen molar-refractivity contribution in [1.29, 1.82) is 0 Å². The second kappa shape index (κ2) is 7.67. The summed E-state index contributed by atoms with van der Waals surface area (Å²) in [7, 11) is 0. The minimum absolute atomic E-state index is 0.00448. The lowest BCUT2D eigenvalue weighted by molar-refractivity contribution is -0.132. The Bertz CT molecular complexity index is 227. The molecule has 0 aromatic carbocycles. The number of carbonyl (C=O) groups excluding carboxylic acids is 1. The van der Waals surface area contributed by atoms with Gasteiger partial charge in [-0.25, -0.2) is 0 Å². The molecule has 1 saturated heterocycles. The van der Waals surface area contributed by atoms with Gasteiger partial charge in [0.25, 0.3) is 0 Å². The first-order valence-corrected chi connectivity index (χ1v) is 6.78. The number of ether oxygens (including phenoxy) is 1. The van der Waals surface area contributed by atoms with Crippen LogP contribution < -0.4 is 10.6 Å². The molecule has 3 atom stereocenters. The minimum atomic E-state index is -0.354. The summed E-state index contributed by atoms with van der Waals surface area (Å²) in [5.41, 5.74) is 0. The van der Waals surface area contributed by atoms with E-state index < -0.39 is 0 Å². The van der Waals surface area contributed by atoms with E-state index in [1.807, 2.05) is 13.8 Å². The van der Waals surface area contributed by atoms with Gasteiger partial charge < -0.3 is 15.4 Å². The van der Waals surface area contributed by atoms with Crippen molar-refractivity contribution >= 4 is 5.91 Å². The third kappa shape index (κ3) is 5.50. The molecule has 0 bridgehead atoms. The summed E-state index contributed by atoms with van der Waals surface area (Å²) in [5, 5.41) is 6.34. The van der Waals surface area contributed by atoms with E-state index in [9.17, 15) is 4.79 Å². The van der Waals surface area contributed by atoms with Crippen molar-refractivity contribution in [3.8, 4) is 0 Å². The molecule has 17 heavy (non-hydrogen) atoms. The largest absolute Gasteiger partial charge is 0.367 e. The fourth-order valence-electron chi connectivity index (χ4n) is 1.86. The highest BCUT2D eigenvalue weighted by molar-refractivity contribution is 5.80. The van der Waals surface area contributed by atoms with Gasteiger partial charge in [0.15, 0.2) is 0 Å². The van der Waals surface area contributed by atoms with Crippen molar-refractivity contribution in [1.82, 2.24) is 10.6 Å². The minimum Gasteiger partial charge on any atom is -0.367 e. The molecular formula is C13H26N2O2. The Hall–Kier alpha value is -0.610. The maximum absolute atomic E-state index is 11.7. The van der Waals surface area contributed by atoms with Gasteiger partial charge in [0, 0.05) is 12.1 Å². The SMILES string of the molecule is CCC(C)NC(=O)C(C)OCC1CCCCN1. The van der Waals surface area contributed by atoms with E-state index in [0.717, 1.165) is 19.4 Å². The van der Waals surface area contributed by atoms with E-state index >= 15 is 0 Å². The molecule has 0 aliphatic carbocycles. The van der Waals surface area contributed by atoms with Gasteiger partial charge in [-0.05, 0) is 39.7 Å². The molecule has 1 heterocycles. The zero-order valence-corrected chi connectivity index (χ0v) is 11.3. The van der Waals surface area contributed by atoms with Gasteiger partial charge in [-0.2, -0.15) is 0 Å². The first-order valence-electron chi connectivity index (χ1n) is 6.78. The molecule has 0 saturated carbocycles. The van der Waals surface area contributed by atoms with E-state index in [-0.39, 0.29) is 18.1 Å². The third-order valence-electron chi connectivity index (χ3n) is 3.33. The number of nitrogens with one attached hydrogen (secondary N) is 2.